The van der Waals surface area contributed by atoms with Crippen LogP contribution in [-0.2, 0) is 9.59 Å². The van der Waals surface area contributed by atoms with Gasteiger partial charge >= 0.3 is 6.03 Å². The Labute approximate surface area is 157 Å². The van der Waals surface area contributed by atoms with E-state index in [-0.39, 0.29) is 0 Å². The Balaban J connectivity index is 1.75. The maximum Gasteiger partial charge on any atom is 0.325 e. The predicted octanol–water partition coefficient (Wildman–Crippen LogP) is 2.71. The zero-order chi connectivity index (χ0) is 19.4. The average Bonchev–Trinajstić information content (AvgIpc) is 2.98. The van der Waals surface area contributed by atoms with Gasteiger partial charge in [-0.2, -0.15) is 0 Å². The van der Waals surface area contributed by atoms with Gasteiger partial charge in [0.2, 0.25) is 5.91 Å². The minimum atomic E-state index is -0.971. The van der Waals surface area contributed by atoms with E-state index in [2.05, 4.69) is 10.6 Å². The van der Waals surface area contributed by atoms with E-state index in [1.165, 1.54) is 6.92 Å². The Bertz CT molecular complexity index is 853. The van der Waals surface area contributed by atoms with Gasteiger partial charge in [0.1, 0.15) is 17.8 Å². The SMILES string of the molecule is CCOc1ccccc1NC(=O)C(C)N1C(=O)NC(c2ccccc2)C1=O. The van der Waals surface area contributed by atoms with E-state index in [0.717, 1.165) is 4.90 Å². The number of carbonyl (C=O) groups excluding carboxylic acids is 3. The molecule has 0 aliphatic carbocycles. The molecule has 2 aromatic carbocycles. The topological polar surface area (TPSA) is 87.7 Å². The van der Waals surface area contributed by atoms with Crippen LogP contribution in [0.4, 0.5) is 10.5 Å². The van der Waals surface area contributed by atoms with Crippen molar-refractivity contribution in [2.45, 2.75) is 25.9 Å². The van der Waals surface area contributed by atoms with Crippen LogP contribution in [0.25, 0.3) is 0 Å². The lowest BCUT2D eigenvalue weighted by Gasteiger charge is -2.21. The van der Waals surface area contributed by atoms with Crippen LogP contribution in [0, 0.1) is 0 Å². The highest BCUT2D eigenvalue weighted by atomic mass is 16.5. The third kappa shape index (κ3) is 3.76. The normalized spacial score (nSPS) is 17.4. The van der Waals surface area contributed by atoms with Crippen LogP contribution in [-0.4, -0.2) is 35.4 Å². The lowest BCUT2D eigenvalue weighted by atomic mass is 10.1. The summed E-state index contributed by atoms with van der Waals surface area (Å²) in [5, 5.41) is 5.36. The van der Waals surface area contributed by atoms with Crippen molar-refractivity contribution in [3.8, 4) is 5.75 Å². The molecule has 2 N–H and O–H groups in total. The molecule has 0 aromatic heterocycles. The quantitative estimate of drug-likeness (QED) is 0.769. The number of hydrogen-bond donors (Lipinski definition) is 2. The van der Waals surface area contributed by atoms with Crippen molar-refractivity contribution in [3.05, 3.63) is 60.2 Å². The minimum absolute atomic E-state index is 0.452. The molecule has 1 heterocycles. The first kappa shape index (κ1) is 18.4. The van der Waals surface area contributed by atoms with Crippen molar-refractivity contribution < 1.29 is 19.1 Å². The molecular weight excluding hydrogens is 346 g/mol. The van der Waals surface area contributed by atoms with Crippen molar-refractivity contribution in [1.29, 1.82) is 0 Å². The van der Waals surface area contributed by atoms with E-state index < -0.39 is 29.9 Å². The summed E-state index contributed by atoms with van der Waals surface area (Å²) >= 11 is 0. The molecule has 2 atom stereocenters. The van der Waals surface area contributed by atoms with Gasteiger partial charge in [-0.1, -0.05) is 42.5 Å². The zero-order valence-electron chi connectivity index (χ0n) is 15.1. The molecule has 0 saturated carbocycles. The molecule has 0 spiro atoms. The van der Waals surface area contributed by atoms with Crippen LogP contribution in [0.1, 0.15) is 25.5 Å². The summed E-state index contributed by atoms with van der Waals surface area (Å²) in [5.74, 6) is -0.397. The van der Waals surface area contributed by atoms with E-state index in [0.29, 0.717) is 23.6 Å². The van der Waals surface area contributed by atoms with Gasteiger partial charge in [0.05, 0.1) is 12.3 Å². The largest absolute Gasteiger partial charge is 0.492 e. The molecule has 27 heavy (non-hydrogen) atoms. The summed E-state index contributed by atoms with van der Waals surface area (Å²) in [6.07, 6.45) is 0. The maximum absolute atomic E-state index is 12.7. The van der Waals surface area contributed by atoms with Crippen LogP contribution in [0.3, 0.4) is 0 Å². The Morgan fingerprint density at radius 2 is 1.81 bits per heavy atom. The molecule has 140 valence electrons. The van der Waals surface area contributed by atoms with Gasteiger partial charge in [-0.25, -0.2) is 9.69 Å². The van der Waals surface area contributed by atoms with Crippen molar-refractivity contribution >= 4 is 23.5 Å². The highest BCUT2D eigenvalue weighted by Crippen LogP contribution is 2.26. The lowest BCUT2D eigenvalue weighted by Crippen LogP contribution is -2.45. The number of nitrogens with zero attached hydrogens (tertiary/aromatic N) is 1. The van der Waals surface area contributed by atoms with Crippen molar-refractivity contribution in [2.24, 2.45) is 0 Å². The molecule has 0 bridgehead atoms. The second kappa shape index (κ2) is 7.90. The molecular formula is C20H21N3O4. The van der Waals surface area contributed by atoms with E-state index in [1.54, 1.807) is 48.5 Å². The van der Waals surface area contributed by atoms with Gasteiger partial charge < -0.3 is 15.4 Å². The number of hydrogen-bond acceptors (Lipinski definition) is 4. The fraction of sp³-hybridized carbons (Fsp3) is 0.250. The number of urea groups is 1. The first-order valence-corrected chi connectivity index (χ1v) is 8.74. The van der Waals surface area contributed by atoms with E-state index in [4.69, 9.17) is 4.74 Å². The van der Waals surface area contributed by atoms with Crippen LogP contribution in [0.5, 0.6) is 5.75 Å². The summed E-state index contributed by atoms with van der Waals surface area (Å²) in [6, 6.07) is 13.6. The summed E-state index contributed by atoms with van der Waals surface area (Å²) < 4.78 is 5.49. The van der Waals surface area contributed by atoms with Crippen molar-refractivity contribution in [1.82, 2.24) is 10.2 Å². The summed E-state index contributed by atoms with van der Waals surface area (Å²) in [7, 11) is 0. The maximum atomic E-state index is 12.7. The molecule has 1 aliphatic rings. The number of ether oxygens (including phenoxy) is 1. The summed E-state index contributed by atoms with van der Waals surface area (Å²) in [6.45, 7) is 3.82. The first-order valence-electron chi connectivity index (χ1n) is 8.74. The van der Waals surface area contributed by atoms with Gasteiger partial charge in [0.25, 0.3) is 5.91 Å². The number of benzene rings is 2. The van der Waals surface area contributed by atoms with Crippen LogP contribution in [0.15, 0.2) is 54.6 Å². The highest BCUT2D eigenvalue weighted by Gasteiger charge is 2.43. The van der Waals surface area contributed by atoms with Gasteiger partial charge in [-0.05, 0) is 31.5 Å². The van der Waals surface area contributed by atoms with Crippen LogP contribution < -0.4 is 15.4 Å². The molecule has 1 aliphatic heterocycles. The fourth-order valence-corrected chi connectivity index (χ4v) is 2.94. The standard InChI is InChI=1S/C20H21N3O4/c1-3-27-16-12-8-7-11-15(16)21-18(24)13(2)23-19(25)17(22-20(23)26)14-9-5-4-6-10-14/h4-13,17H,3H2,1-2H3,(H,21,24)(H,22,26). The van der Waals surface area contributed by atoms with E-state index >= 15 is 0 Å². The number of rotatable bonds is 6. The number of imide groups is 1. The Morgan fingerprint density at radius 1 is 1.15 bits per heavy atom. The van der Waals surface area contributed by atoms with E-state index in [1.807, 2.05) is 13.0 Å². The smallest absolute Gasteiger partial charge is 0.325 e. The average molecular weight is 367 g/mol. The Hall–Kier alpha value is -3.35. The zero-order valence-corrected chi connectivity index (χ0v) is 15.1. The summed E-state index contributed by atoms with van der Waals surface area (Å²) in [5.41, 5.74) is 1.16. The van der Waals surface area contributed by atoms with E-state index in [9.17, 15) is 14.4 Å². The lowest BCUT2D eigenvalue weighted by molar-refractivity contribution is -0.133. The molecule has 1 fully saturated rings. The third-order valence-corrected chi connectivity index (χ3v) is 4.32. The van der Waals surface area contributed by atoms with Crippen molar-refractivity contribution in [3.63, 3.8) is 0 Å². The van der Waals surface area contributed by atoms with Gasteiger partial charge in [-0.15, -0.1) is 0 Å². The molecule has 0 radical (unpaired) electrons. The number of nitrogens with one attached hydrogen (secondary N) is 2. The second-order valence-corrected chi connectivity index (χ2v) is 6.10. The Kier molecular flexibility index (Phi) is 5.40. The number of anilines is 1. The van der Waals surface area contributed by atoms with Crippen molar-refractivity contribution in [2.75, 3.05) is 11.9 Å². The number of carbonyl (C=O) groups is 3. The van der Waals surface area contributed by atoms with Crippen LogP contribution >= 0.6 is 0 Å². The monoisotopic (exact) mass is 367 g/mol. The Morgan fingerprint density at radius 3 is 2.52 bits per heavy atom. The second-order valence-electron chi connectivity index (χ2n) is 6.10. The predicted molar refractivity (Wildman–Crippen MR) is 100 cm³/mol. The van der Waals surface area contributed by atoms with Gasteiger partial charge in [0.15, 0.2) is 0 Å². The molecule has 2 aromatic rings. The number of para-hydroxylation sites is 2. The summed E-state index contributed by atoms with van der Waals surface area (Å²) in [4.78, 5) is 38.7. The third-order valence-electron chi connectivity index (χ3n) is 4.32. The molecule has 7 nitrogen and oxygen atoms in total. The molecule has 7 heteroatoms. The van der Waals surface area contributed by atoms with Crippen LogP contribution in [0.2, 0.25) is 0 Å². The van der Waals surface area contributed by atoms with Gasteiger partial charge in [-0.3, -0.25) is 9.59 Å². The fourth-order valence-electron chi connectivity index (χ4n) is 2.94. The molecule has 3 rings (SSSR count). The van der Waals surface area contributed by atoms with Gasteiger partial charge in [0, 0.05) is 0 Å². The molecule has 2 unspecified atom stereocenters. The minimum Gasteiger partial charge on any atom is -0.492 e. The number of amides is 4. The highest BCUT2D eigenvalue weighted by molar-refractivity contribution is 6.09. The molecule has 4 amide bonds. The first-order chi connectivity index (χ1) is 13.0. The molecule has 1 saturated heterocycles.